The molecule has 2 rings (SSSR count). The van der Waals surface area contributed by atoms with Gasteiger partial charge in [0.25, 0.3) is 0 Å². The first-order valence-corrected chi connectivity index (χ1v) is 9.24. The Bertz CT molecular complexity index is 823. The van der Waals surface area contributed by atoms with Gasteiger partial charge in [0.15, 0.2) is 5.84 Å². The molecular weight excluding hydrogens is 394 g/mol. The highest BCUT2D eigenvalue weighted by Gasteiger charge is 2.38. The molecule has 0 radical (unpaired) electrons. The van der Waals surface area contributed by atoms with Gasteiger partial charge in [-0.3, -0.25) is 4.90 Å². The van der Waals surface area contributed by atoms with E-state index >= 15 is 0 Å². The standard InChI is InChI=1S/C20H25N3O7/c1-13-9-10-15(23(13)20(26)29-12-14-7-5-4-6-8-14)18(21)22-30-16(19(25)28-3)11-17(24)27-2/h4-8,11,13,15H,9-10,12H2,1-3H3,(H2,21,22)/b16-11+/t13?,15-/m0/s1. The van der Waals surface area contributed by atoms with Crippen LogP contribution in [0.4, 0.5) is 4.79 Å². The smallest absolute Gasteiger partial charge is 0.410 e. The number of carbonyl (C=O) groups is 3. The number of likely N-dealkylation sites (tertiary alicyclic amines) is 1. The van der Waals surface area contributed by atoms with Crippen LogP contribution in [0.5, 0.6) is 0 Å². The summed E-state index contributed by atoms with van der Waals surface area (Å²) in [4.78, 5) is 42.2. The second-order valence-electron chi connectivity index (χ2n) is 6.52. The Morgan fingerprint density at radius 1 is 1.17 bits per heavy atom. The Kier molecular flexibility index (Phi) is 8.21. The number of nitrogens with two attached hydrogens (primary N) is 1. The molecule has 1 heterocycles. The Labute approximate surface area is 174 Å². The van der Waals surface area contributed by atoms with E-state index in [-0.39, 0.29) is 18.5 Å². The molecule has 2 N–H and O–H groups in total. The van der Waals surface area contributed by atoms with Crippen LogP contribution in [0.2, 0.25) is 0 Å². The number of methoxy groups -OCH3 is 2. The number of benzene rings is 1. The average molecular weight is 419 g/mol. The predicted octanol–water partition coefficient (Wildman–Crippen LogP) is 1.69. The second-order valence-corrected chi connectivity index (χ2v) is 6.52. The molecule has 1 aliphatic rings. The molecule has 2 atom stereocenters. The lowest BCUT2D eigenvalue weighted by molar-refractivity contribution is -0.142. The highest BCUT2D eigenvalue weighted by Crippen LogP contribution is 2.25. The number of esters is 2. The number of hydrogen-bond acceptors (Lipinski definition) is 8. The van der Waals surface area contributed by atoms with Gasteiger partial charge in [0.1, 0.15) is 6.61 Å². The normalized spacial score (nSPS) is 19.2. The summed E-state index contributed by atoms with van der Waals surface area (Å²) in [6, 6.07) is 8.57. The molecule has 1 fully saturated rings. The summed E-state index contributed by atoms with van der Waals surface area (Å²) in [5.41, 5.74) is 6.87. The fourth-order valence-corrected chi connectivity index (χ4v) is 2.93. The third-order valence-corrected chi connectivity index (χ3v) is 4.51. The Hall–Kier alpha value is -3.56. The van der Waals surface area contributed by atoms with Gasteiger partial charge in [-0.15, -0.1) is 0 Å². The van der Waals surface area contributed by atoms with Crippen molar-refractivity contribution in [1.82, 2.24) is 4.90 Å². The minimum atomic E-state index is -0.934. The Morgan fingerprint density at radius 2 is 1.87 bits per heavy atom. The van der Waals surface area contributed by atoms with E-state index in [0.717, 1.165) is 25.9 Å². The highest BCUT2D eigenvalue weighted by atomic mass is 16.7. The zero-order valence-electron chi connectivity index (χ0n) is 17.1. The van der Waals surface area contributed by atoms with Crippen LogP contribution in [0.1, 0.15) is 25.3 Å². The Morgan fingerprint density at radius 3 is 2.50 bits per heavy atom. The van der Waals surface area contributed by atoms with Gasteiger partial charge in [0, 0.05) is 6.04 Å². The maximum Gasteiger partial charge on any atom is 0.410 e. The van der Waals surface area contributed by atoms with E-state index in [1.165, 1.54) is 4.90 Å². The first-order chi connectivity index (χ1) is 14.4. The zero-order chi connectivity index (χ0) is 22.1. The first kappa shape index (κ1) is 22.7. The largest absolute Gasteiger partial charge is 0.466 e. The quantitative estimate of drug-likeness (QED) is 0.134. The molecule has 1 aromatic rings. The van der Waals surface area contributed by atoms with Crippen molar-refractivity contribution < 1.29 is 33.4 Å². The van der Waals surface area contributed by atoms with Gasteiger partial charge >= 0.3 is 18.0 Å². The first-order valence-electron chi connectivity index (χ1n) is 9.24. The summed E-state index contributed by atoms with van der Waals surface area (Å²) in [5, 5.41) is 3.72. The van der Waals surface area contributed by atoms with Crippen molar-refractivity contribution in [3.05, 3.63) is 47.7 Å². The van der Waals surface area contributed by atoms with E-state index in [1.807, 2.05) is 37.3 Å². The number of amidine groups is 1. The van der Waals surface area contributed by atoms with E-state index in [4.69, 9.17) is 15.3 Å². The number of amides is 1. The van der Waals surface area contributed by atoms with Gasteiger partial charge in [0.2, 0.25) is 5.76 Å². The lowest BCUT2D eigenvalue weighted by Gasteiger charge is -2.27. The summed E-state index contributed by atoms with van der Waals surface area (Å²) in [5.74, 6) is -2.31. The third-order valence-electron chi connectivity index (χ3n) is 4.51. The maximum atomic E-state index is 12.6. The number of ether oxygens (including phenoxy) is 3. The van der Waals surface area contributed by atoms with Gasteiger partial charge in [-0.25, -0.2) is 14.4 Å². The molecular formula is C20H25N3O7. The van der Waals surface area contributed by atoms with Crippen LogP contribution < -0.4 is 5.73 Å². The van der Waals surface area contributed by atoms with Gasteiger partial charge < -0.3 is 24.8 Å². The summed E-state index contributed by atoms with van der Waals surface area (Å²) in [6.07, 6.45) is 1.47. The van der Waals surface area contributed by atoms with Crippen molar-refractivity contribution in [2.75, 3.05) is 14.2 Å². The molecule has 0 bridgehead atoms. The van der Waals surface area contributed by atoms with Crippen LogP contribution in [0, 0.1) is 0 Å². The molecule has 1 amide bonds. The van der Waals surface area contributed by atoms with Crippen LogP contribution in [-0.4, -0.2) is 55.1 Å². The van der Waals surface area contributed by atoms with Crippen molar-refractivity contribution in [2.24, 2.45) is 10.9 Å². The molecule has 1 aromatic carbocycles. The van der Waals surface area contributed by atoms with E-state index in [2.05, 4.69) is 14.6 Å². The third kappa shape index (κ3) is 5.97. The highest BCUT2D eigenvalue weighted by molar-refractivity contribution is 5.95. The number of nitrogens with zero attached hydrogens (tertiary/aromatic N) is 2. The SMILES string of the molecule is COC(=O)/C=C(/O/N=C(\N)[C@@H]1CCC(C)N1C(=O)OCc1ccccc1)C(=O)OC. The fourth-order valence-electron chi connectivity index (χ4n) is 2.93. The summed E-state index contributed by atoms with van der Waals surface area (Å²) in [6.45, 7) is 1.99. The molecule has 1 saturated heterocycles. The molecule has 10 nitrogen and oxygen atoms in total. The summed E-state index contributed by atoms with van der Waals surface area (Å²) < 4.78 is 14.4. The number of carbonyl (C=O) groups excluding carboxylic acids is 3. The fraction of sp³-hybridized carbons (Fsp3) is 0.400. The average Bonchev–Trinajstić information content (AvgIpc) is 3.16. The molecule has 10 heteroatoms. The van der Waals surface area contributed by atoms with Crippen molar-refractivity contribution in [2.45, 2.75) is 38.5 Å². The van der Waals surface area contributed by atoms with E-state index in [9.17, 15) is 14.4 Å². The maximum absolute atomic E-state index is 12.6. The number of rotatable bonds is 7. The van der Waals surface area contributed by atoms with Crippen molar-refractivity contribution >= 4 is 23.9 Å². The van der Waals surface area contributed by atoms with Gasteiger partial charge in [-0.05, 0) is 25.3 Å². The monoisotopic (exact) mass is 419 g/mol. The van der Waals surface area contributed by atoms with Crippen LogP contribution in [-0.2, 0) is 35.2 Å². The van der Waals surface area contributed by atoms with E-state index in [0.29, 0.717) is 12.8 Å². The van der Waals surface area contributed by atoms with Gasteiger partial charge in [-0.2, -0.15) is 0 Å². The van der Waals surface area contributed by atoms with Gasteiger partial charge in [0.05, 0.1) is 26.3 Å². The molecule has 1 unspecified atom stereocenters. The van der Waals surface area contributed by atoms with Crippen LogP contribution in [0.3, 0.4) is 0 Å². The predicted molar refractivity (Wildman–Crippen MR) is 106 cm³/mol. The molecule has 0 spiro atoms. The van der Waals surface area contributed by atoms with E-state index in [1.54, 1.807) is 0 Å². The molecule has 162 valence electrons. The second kappa shape index (κ2) is 10.8. The lowest BCUT2D eigenvalue weighted by Crippen LogP contribution is -2.47. The molecule has 1 aliphatic heterocycles. The van der Waals surface area contributed by atoms with Gasteiger partial charge in [-0.1, -0.05) is 35.5 Å². The minimum absolute atomic E-state index is 0.0457. The molecule has 30 heavy (non-hydrogen) atoms. The topological polar surface area (TPSA) is 130 Å². The number of oxime groups is 1. The zero-order valence-corrected chi connectivity index (χ0v) is 17.1. The van der Waals surface area contributed by atoms with Crippen LogP contribution in [0.25, 0.3) is 0 Å². The van der Waals surface area contributed by atoms with E-state index < -0.39 is 29.8 Å². The summed E-state index contributed by atoms with van der Waals surface area (Å²) >= 11 is 0. The van der Waals surface area contributed by atoms with Crippen molar-refractivity contribution in [3.63, 3.8) is 0 Å². The molecule has 0 saturated carbocycles. The molecule has 0 aliphatic carbocycles. The molecule has 0 aromatic heterocycles. The van der Waals surface area contributed by atoms with Crippen molar-refractivity contribution in [3.8, 4) is 0 Å². The Balaban J connectivity index is 2.09. The number of hydrogen-bond donors (Lipinski definition) is 1. The lowest BCUT2D eigenvalue weighted by atomic mass is 10.2. The van der Waals surface area contributed by atoms with Crippen LogP contribution in [0.15, 0.2) is 47.3 Å². The minimum Gasteiger partial charge on any atom is -0.466 e. The van der Waals surface area contributed by atoms with Crippen molar-refractivity contribution in [1.29, 1.82) is 0 Å². The van der Waals surface area contributed by atoms with Crippen LogP contribution >= 0.6 is 0 Å². The summed E-state index contributed by atoms with van der Waals surface area (Å²) in [7, 11) is 2.26.